The summed E-state index contributed by atoms with van der Waals surface area (Å²) in [7, 11) is 0. The maximum atomic E-state index is 10.5. The van der Waals surface area contributed by atoms with Gasteiger partial charge in [-0.3, -0.25) is 4.79 Å². The van der Waals surface area contributed by atoms with Gasteiger partial charge in [-0.1, -0.05) is 29.3 Å². The van der Waals surface area contributed by atoms with Crippen molar-refractivity contribution < 1.29 is 9.90 Å². The maximum Gasteiger partial charge on any atom is 0.309 e. The van der Waals surface area contributed by atoms with Crippen LogP contribution >= 0.6 is 34.5 Å². The monoisotopic (exact) mass is 287 g/mol. The first-order chi connectivity index (χ1) is 8.06. The zero-order valence-corrected chi connectivity index (χ0v) is 10.8. The molecule has 0 fully saturated rings. The lowest BCUT2D eigenvalue weighted by atomic mass is 10.2. The van der Waals surface area contributed by atoms with E-state index in [1.54, 1.807) is 23.6 Å². The fourth-order valence-electron chi connectivity index (χ4n) is 1.30. The Morgan fingerprint density at radius 2 is 2.12 bits per heavy atom. The van der Waals surface area contributed by atoms with Crippen LogP contribution < -0.4 is 0 Å². The summed E-state index contributed by atoms with van der Waals surface area (Å²) in [6.45, 7) is 0. The van der Waals surface area contributed by atoms with Gasteiger partial charge in [0.25, 0.3) is 0 Å². The Morgan fingerprint density at radius 1 is 1.35 bits per heavy atom. The van der Waals surface area contributed by atoms with Gasteiger partial charge in [0.05, 0.1) is 22.2 Å². The molecule has 88 valence electrons. The lowest BCUT2D eigenvalue weighted by molar-refractivity contribution is -0.136. The summed E-state index contributed by atoms with van der Waals surface area (Å²) in [6, 6.07) is 5.21. The van der Waals surface area contributed by atoms with E-state index in [0.717, 1.165) is 10.6 Å². The summed E-state index contributed by atoms with van der Waals surface area (Å²) in [6.07, 6.45) is -0.0716. The Balaban J connectivity index is 2.30. The van der Waals surface area contributed by atoms with Crippen molar-refractivity contribution in [3.63, 3.8) is 0 Å². The fraction of sp³-hybridized carbons (Fsp3) is 0.0909. The molecule has 0 aliphatic heterocycles. The zero-order chi connectivity index (χ0) is 12.4. The number of carboxylic acids is 1. The summed E-state index contributed by atoms with van der Waals surface area (Å²) in [5, 5.41) is 12.1. The number of rotatable bonds is 3. The van der Waals surface area contributed by atoms with Crippen LogP contribution in [0.5, 0.6) is 0 Å². The number of hydrogen-bond acceptors (Lipinski definition) is 3. The van der Waals surface area contributed by atoms with E-state index in [0.29, 0.717) is 15.7 Å². The van der Waals surface area contributed by atoms with Gasteiger partial charge in [0.1, 0.15) is 5.01 Å². The Morgan fingerprint density at radius 3 is 2.76 bits per heavy atom. The minimum atomic E-state index is -0.893. The second-order valence-electron chi connectivity index (χ2n) is 3.34. The summed E-state index contributed by atoms with van der Waals surface area (Å²) in [4.78, 5) is 14.8. The number of thiazole rings is 1. The van der Waals surface area contributed by atoms with Crippen LogP contribution in [0.4, 0.5) is 0 Å². The fourth-order valence-corrected chi connectivity index (χ4v) is 2.42. The number of carboxylic acid groups (broad SMARTS) is 1. The molecule has 0 saturated carbocycles. The van der Waals surface area contributed by atoms with Crippen LogP contribution in [0.2, 0.25) is 10.0 Å². The second kappa shape index (κ2) is 5.04. The Hall–Kier alpha value is -1.10. The van der Waals surface area contributed by atoms with Gasteiger partial charge in [-0.15, -0.1) is 11.3 Å². The van der Waals surface area contributed by atoms with Gasteiger partial charge in [0.2, 0.25) is 0 Å². The van der Waals surface area contributed by atoms with Crippen LogP contribution in [0, 0.1) is 0 Å². The van der Waals surface area contributed by atoms with Crippen molar-refractivity contribution >= 4 is 40.5 Å². The van der Waals surface area contributed by atoms with E-state index in [2.05, 4.69) is 4.98 Å². The first kappa shape index (κ1) is 12.4. The number of nitrogens with zero attached hydrogens (tertiary/aromatic N) is 1. The molecule has 0 aliphatic carbocycles. The van der Waals surface area contributed by atoms with E-state index in [-0.39, 0.29) is 6.42 Å². The number of aliphatic carboxylic acids is 1. The largest absolute Gasteiger partial charge is 0.481 e. The predicted molar refractivity (Wildman–Crippen MR) is 68.9 cm³/mol. The third kappa shape index (κ3) is 2.97. The van der Waals surface area contributed by atoms with Crippen LogP contribution in [0.3, 0.4) is 0 Å². The number of benzene rings is 1. The number of hydrogen-bond donors (Lipinski definition) is 1. The van der Waals surface area contributed by atoms with Crippen molar-refractivity contribution in [1.29, 1.82) is 0 Å². The molecule has 0 bridgehead atoms. The highest BCUT2D eigenvalue weighted by atomic mass is 35.5. The molecule has 0 spiro atoms. The first-order valence-corrected chi connectivity index (χ1v) is 6.31. The molecule has 6 heteroatoms. The second-order valence-corrected chi connectivity index (χ2v) is 5.02. The van der Waals surface area contributed by atoms with E-state index in [1.165, 1.54) is 11.3 Å². The van der Waals surface area contributed by atoms with Gasteiger partial charge in [-0.2, -0.15) is 0 Å². The molecule has 0 saturated heterocycles. The van der Waals surface area contributed by atoms with Crippen LogP contribution in [0.25, 0.3) is 10.6 Å². The van der Waals surface area contributed by atoms with Gasteiger partial charge < -0.3 is 5.11 Å². The molecule has 1 aromatic carbocycles. The number of aromatic nitrogens is 1. The standard InChI is InChI=1S/C11H7Cl2NO2S/c12-8-2-1-6(3-9(8)13)11-14-7(5-17-11)4-10(15)16/h1-3,5H,4H2,(H,15,16). The van der Waals surface area contributed by atoms with E-state index >= 15 is 0 Å². The summed E-state index contributed by atoms with van der Waals surface area (Å²) < 4.78 is 0. The molecule has 2 rings (SSSR count). The summed E-state index contributed by atoms with van der Waals surface area (Å²) in [5.74, 6) is -0.893. The van der Waals surface area contributed by atoms with Gasteiger partial charge in [0.15, 0.2) is 0 Å². The highest BCUT2D eigenvalue weighted by Gasteiger charge is 2.09. The highest BCUT2D eigenvalue weighted by Crippen LogP contribution is 2.30. The quantitative estimate of drug-likeness (QED) is 0.935. The van der Waals surface area contributed by atoms with Crippen molar-refractivity contribution in [2.75, 3.05) is 0 Å². The minimum Gasteiger partial charge on any atom is -0.481 e. The molecule has 17 heavy (non-hydrogen) atoms. The van der Waals surface area contributed by atoms with E-state index in [9.17, 15) is 4.79 Å². The van der Waals surface area contributed by atoms with Crippen LogP contribution in [-0.2, 0) is 11.2 Å². The lowest BCUT2D eigenvalue weighted by Crippen LogP contribution is -1.99. The number of halogens is 2. The van der Waals surface area contributed by atoms with Crippen molar-refractivity contribution in [3.05, 3.63) is 39.3 Å². The van der Waals surface area contributed by atoms with Gasteiger partial charge in [-0.25, -0.2) is 4.98 Å². The molecule has 1 aromatic heterocycles. The smallest absolute Gasteiger partial charge is 0.309 e. The summed E-state index contributed by atoms with van der Waals surface area (Å²) >= 11 is 13.1. The SMILES string of the molecule is O=C(O)Cc1csc(-c2ccc(Cl)c(Cl)c2)n1. The Bertz CT molecular complexity index is 568. The highest BCUT2D eigenvalue weighted by molar-refractivity contribution is 7.13. The lowest BCUT2D eigenvalue weighted by Gasteiger charge is -1.99. The zero-order valence-electron chi connectivity index (χ0n) is 8.48. The number of carbonyl (C=O) groups is 1. The van der Waals surface area contributed by atoms with Gasteiger partial charge in [0, 0.05) is 10.9 Å². The van der Waals surface area contributed by atoms with Crippen molar-refractivity contribution in [3.8, 4) is 10.6 Å². The molecule has 0 atom stereocenters. The predicted octanol–water partition coefficient (Wildman–Crippen LogP) is 3.74. The first-order valence-electron chi connectivity index (χ1n) is 4.68. The molecule has 1 heterocycles. The summed E-state index contributed by atoms with van der Waals surface area (Å²) in [5.41, 5.74) is 1.38. The van der Waals surface area contributed by atoms with E-state index in [4.69, 9.17) is 28.3 Å². The van der Waals surface area contributed by atoms with Gasteiger partial charge in [-0.05, 0) is 12.1 Å². The van der Waals surface area contributed by atoms with Crippen LogP contribution in [0.15, 0.2) is 23.6 Å². The average Bonchev–Trinajstić information content (AvgIpc) is 2.69. The maximum absolute atomic E-state index is 10.5. The van der Waals surface area contributed by atoms with E-state index < -0.39 is 5.97 Å². The Kier molecular flexibility index (Phi) is 3.66. The molecule has 0 unspecified atom stereocenters. The van der Waals surface area contributed by atoms with Crippen LogP contribution in [0.1, 0.15) is 5.69 Å². The molecule has 0 amide bonds. The molecular weight excluding hydrogens is 281 g/mol. The van der Waals surface area contributed by atoms with Crippen molar-refractivity contribution in [1.82, 2.24) is 4.98 Å². The molecule has 2 aromatic rings. The van der Waals surface area contributed by atoms with Crippen molar-refractivity contribution in [2.45, 2.75) is 6.42 Å². The van der Waals surface area contributed by atoms with Crippen LogP contribution in [-0.4, -0.2) is 16.1 Å². The minimum absolute atomic E-state index is 0.0716. The third-order valence-electron chi connectivity index (χ3n) is 2.05. The molecule has 3 nitrogen and oxygen atoms in total. The molecular formula is C11H7Cl2NO2S. The van der Waals surface area contributed by atoms with Gasteiger partial charge >= 0.3 is 5.97 Å². The topological polar surface area (TPSA) is 50.2 Å². The molecule has 1 N–H and O–H groups in total. The third-order valence-corrected chi connectivity index (χ3v) is 3.73. The average molecular weight is 288 g/mol. The van der Waals surface area contributed by atoms with E-state index in [1.807, 2.05) is 0 Å². The Labute approximate surface area is 112 Å². The van der Waals surface area contributed by atoms with Crippen molar-refractivity contribution in [2.24, 2.45) is 0 Å². The normalized spacial score (nSPS) is 10.5. The molecule has 0 aliphatic rings. The molecule has 0 radical (unpaired) electrons.